The molecule has 0 aromatic heterocycles. The van der Waals surface area contributed by atoms with Crippen molar-refractivity contribution >= 4 is 33.4 Å². The lowest BCUT2D eigenvalue weighted by Crippen LogP contribution is -2.20. The molecule has 7 heteroatoms. The molecule has 0 bridgehead atoms. The molecule has 2 aromatic rings. The number of hydrogen-bond donors (Lipinski definition) is 2. The van der Waals surface area contributed by atoms with Crippen LogP contribution in [0.5, 0.6) is 5.75 Å². The summed E-state index contributed by atoms with van der Waals surface area (Å²) >= 11 is 3.13. The van der Waals surface area contributed by atoms with Gasteiger partial charge in [-0.3, -0.25) is 9.59 Å². The lowest BCUT2D eigenvalue weighted by atomic mass is 10.2. The van der Waals surface area contributed by atoms with E-state index in [0.29, 0.717) is 15.9 Å². The number of anilines is 1. The van der Waals surface area contributed by atoms with Crippen molar-refractivity contribution in [2.45, 2.75) is 0 Å². The quantitative estimate of drug-likeness (QED) is 0.853. The summed E-state index contributed by atoms with van der Waals surface area (Å²) in [4.78, 5) is 22.6. The standard InChI is InChI=1S/C15H12BrFN2O3/c16-9-1-6-12(13(17)7-9)15(21)19-10-2-4-11(5-3-10)22-8-14(18)20/h1-7H,8H2,(H2,18,20)(H,19,21). The number of carbonyl (C=O) groups excluding carboxylic acids is 2. The molecule has 22 heavy (non-hydrogen) atoms. The molecule has 0 aliphatic rings. The second-order valence-electron chi connectivity index (χ2n) is 4.36. The number of ether oxygens (including phenoxy) is 1. The smallest absolute Gasteiger partial charge is 0.258 e. The number of primary amides is 1. The molecule has 3 N–H and O–H groups in total. The van der Waals surface area contributed by atoms with Crippen LogP contribution in [0.4, 0.5) is 10.1 Å². The Morgan fingerprint density at radius 2 is 1.86 bits per heavy atom. The number of rotatable bonds is 5. The first-order valence-electron chi connectivity index (χ1n) is 6.23. The van der Waals surface area contributed by atoms with Crippen molar-refractivity contribution in [1.82, 2.24) is 0 Å². The first kappa shape index (κ1) is 16.0. The van der Waals surface area contributed by atoms with E-state index in [9.17, 15) is 14.0 Å². The zero-order chi connectivity index (χ0) is 16.1. The second kappa shape index (κ2) is 7.04. The van der Waals surface area contributed by atoms with Gasteiger partial charge in [0.05, 0.1) is 5.56 Å². The Labute approximate surface area is 134 Å². The number of nitrogens with two attached hydrogens (primary N) is 1. The van der Waals surface area contributed by atoms with Gasteiger partial charge in [-0.05, 0) is 42.5 Å². The zero-order valence-electron chi connectivity index (χ0n) is 11.3. The van der Waals surface area contributed by atoms with Gasteiger partial charge in [0.15, 0.2) is 6.61 Å². The normalized spacial score (nSPS) is 10.1. The zero-order valence-corrected chi connectivity index (χ0v) is 12.9. The predicted molar refractivity (Wildman–Crippen MR) is 83.2 cm³/mol. The summed E-state index contributed by atoms with van der Waals surface area (Å²) in [6.45, 7) is -0.226. The van der Waals surface area contributed by atoms with E-state index < -0.39 is 17.6 Å². The predicted octanol–water partition coefficient (Wildman–Crippen LogP) is 2.70. The van der Waals surface area contributed by atoms with E-state index in [1.54, 1.807) is 30.3 Å². The molecule has 2 rings (SSSR count). The molecule has 0 saturated heterocycles. The van der Waals surface area contributed by atoms with Crippen LogP contribution >= 0.6 is 15.9 Å². The minimum atomic E-state index is -0.617. The largest absolute Gasteiger partial charge is 0.484 e. The number of benzene rings is 2. The van der Waals surface area contributed by atoms with Gasteiger partial charge in [-0.15, -0.1) is 0 Å². The van der Waals surface area contributed by atoms with Crippen LogP contribution in [0, 0.1) is 5.82 Å². The highest BCUT2D eigenvalue weighted by atomic mass is 79.9. The summed E-state index contributed by atoms with van der Waals surface area (Å²) < 4.78 is 19.3. The molecular formula is C15H12BrFN2O3. The fourth-order valence-corrected chi connectivity index (χ4v) is 1.99. The number of amides is 2. The molecule has 0 spiro atoms. The molecule has 0 heterocycles. The molecule has 0 unspecified atom stereocenters. The SMILES string of the molecule is NC(=O)COc1ccc(NC(=O)c2ccc(Br)cc2F)cc1. The molecule has 0 aliphatic carbocycles. The number of hydrogen-bond acceptors (Lipinski definition) is 3. The van der Waals surface area contributed by atoms with Crippen molar-refractivity contribution in [3.05, 3.63) is 58.3 Å². The maximum Gasteiger partial charge on any atom is 0.258 e. The summed E-state index contributed by atoms with van der Waals surface area (Å²) in [6, 6.07) is 10.5. The number of halogens is 2. The van der Waals surface area contributed by atoms with E-state index in [4.69, 9.17) is 10.5 Å². The summed E-state index contributed by atoms with van der Waals surface area (Å²) in [5, 5.41) is 2.57. The highest BCUT2D eigenvalue weighted by Gasteiger charge is 2.12. The second-order valence-corrected chi connectivity index (χ2v) is 5.27. The van der Waals surface area contributed by atoms with Gasteiger partial charge in [0, 0.05) is 10.2 Å². The van der Waals surface area contributed by atoms with Crippen molar-refractivity contribution in [3.63, 3.8) is 0 Å². The van der Waals surface area contributed by atoms with Gasteiger partial charge in [-0.1, -0.05) is 15.9 Å². The van der Waals surface area contributed by atoms with Gasteiger partial charge >= 0.3 is 0 Å². The third-order valence-corrected chi connectivity index (χ3v) is 3.16. The molecule has 5 nitrogen and oxygen atoms in total. The fourth-order valence-electron chi connectivity index (χ4n) is 1.66. The highest BCUT2D eigenvalue weighted by Crippen LogP contribution is 2.19. The molecule has 0 atom stereocenters. The van der Waals surface area contributed by atoms with Gasteiger partial charge in [0.1, 0.15) is 11.6 Å². The fraction of sp³-hybridized carbons (Fsp3) is 0.0667. The Morgan fingerprint density at radius 1 is 1.18 bits per heavy atom. The third-order valence-electron chi connectivity index (χ3n) is 2.67. The molecule has 114 valence electrons. The van der Waals surface area contributed by atoms with Crippen LogP contribution in [0.3, 0.4) is 0 Å². The lowest BCUT2D eigenvalue weighted by molar-refractivity contribution is -0.119. The molecule has 0 saturated carbocycles. The van der Waals surface area contributed by atoms with E-state index >= 15 is 0 Å². The van der Waals surface area contributed by atoms with E-state index in [2.05, 4.69) is 21.2 Å². The first-order chi connectivity index (χ1) is 10.5. The Kier molecular flexibility index (Phi) is 5.11. The third kappa shape index (κ3) is 4.29. The van der Waals surface area contributed by atoms with Crippen molar-refractivity contribution in [2.75, 3.05) is 11.9 Å². The Bertz CT molecular complexity index is 704. The van der Waals surface area contributed by atoms with Gasteiger partial charge in [-0.2, -0.15) is 0 Å². The van der Waals surface area contributed by atoms with Gasteiger partial charge in [-0.25, -0.2) is 4.39 Å². The Hall–Kier alpha value is -2.41. The Morgan fingerprint density at radius 3 is 2.45 bits per heavy atom. The van der Waals surface area contributed by atoms with Crippen LogP contribution in [-0.2, 0) is 4.79 Å². The van der Waals surface area contributed by atoms with Crippen LogP contribution in [0.15, 0.2) is 46.9 Å². The molecule has 0 aliphatic heterocycles. The average Bonchev–Trinajstić information content (AvgIpc) is 2.46. The molecule has 2 aromatic carbocycles. The van der Waals surface area contributed by atoms with Crippen LogP contribution in [0.25, 0.3) is 0 Å². The minimum Gasteiger partial charge on any atom is -0.484 e. The molecule has 0 fully saturated rings. The van der Waals surface area contributed by atoms with E-state index in [1.165, 1.54) is 12.1 Å². The van der Waals surface area contributed by atoms with E-state index in [1.807, 2.05) is 0 Å². The summed E-state index contributed by atoms with van der Waals surface area (Å²) in [7, 11) is 0. The van der Waals surface area contributed by atoms with Crippen molar-refractivity contribution in [1.29, 1.82) is 0 Å². The lowest BCUT2D eigenvalue weighted by Gasteiger charge is -2.08. The van der Waals surface area contributed by atoms with Crippen molar-refractivity contribution in [3.8, 4) is 5.75 Å². The van der Waals surface area contributed by atoms with Crippen molar-refractivity contribution in [2.24, 2.45) is 5.73 Å². The summed E-state index contributed by atoms with van der Waals surface area (Å²) in [5.74, 6) is -1.32. The number of carbonyl (C=O) groups is 2. The van der Waals surface area contributed by atoms with Crippen LogP contribution < -0.4 is 15.8 Å². The topological polar surface area (TPSA) is 81.4 Å². The molecule has 2 amide bonds. The minimum absolute atomic E-state index is 0.0581. The van der Waals surface area contributed by atoms with E-state index in [0.717, 1.165) is 0 Å². The number of nitrogens with one attached hydrogen (secondary N) is 1. The first-order valence-corrected chi connectivity index (χ1v) is 7.02. The molecular weight excluding hydrogens is 355 g/mol. The van der Waals surface area contributed by atoms with Crippen molar-refractivity contribution < 1.29 is 18.7 Å². The van der Waals surface area contributed by atoms with Crippen LogP contribution in [0.1, 0.15) is 10.4 Å². The highest BCUT2D eigenvalue weighted by molar-refractivity contribution is 9.10. The van der Waals surface area contributed by atoms with Crippen LogP contribution in [-0.4, -0.2) is 18.4 Å². The maximum absolute atomic E-state index is 13.7. The van der Waals surface area contributed by atoms with Gasteiger partial charge in [0.25, 0.3) is 11.8 Å². The average molecular weight is 367 g/mol. The van der Waals surface area contributed by atoms with Crippen LogP contribution in [0.2, 0.25) is 0 Å². The summed E-state index contributed by atoms with van der Waals surface area (Å²) in [6.07, 6.45) is 0. The monoisotopic (exact) mass is 366 g/mol. The van der Waals surface area contributed by atoms with Gasteiger partial charge in [0.2, 0.25) is 0 Å². The Balaban J connectivity index is 2.04. The summed E-state index contributed by atoms with van der Waals surface area (Å²) in [5.41, 5.74) is 5.38. The van der Waals surface area contributed by atoms with Gasteiger partial charge < -0.3 is 15.8 Å². The van der Waals surface area contributed by atoms with E-state index in [-0.39, 0.29) is 12.2 Å². The molecule has 0 radical (unpaired) electrons. The maximum atomic E-state index is 13.7.